The van der Waals surface area contributed by atoms with Gasteiger partial charge in [-0.1, -0.05) is 0 Å². The second-order valence-corrected chi connectivity index (χ2v) is 7.17. The number of hydrogen-bond donors (Lipinski definition) is 1. The molecule has 7 heteroatoms. The molecule has 1 unspecified atom stereocenters. The summed E-state index contributed by atoms with van der Waals surface area (Å²) in [7, 11) is 3.21. The Morgan fingerprint density at radius 3 is 2.62 bits per heavy atom. The van der Waals surface area contributed by atoms with Crippen LogP contribution in [0.25, 0.3) is 0 Å². The van der Waals surface area contributed by atoms with Crippen molar-refractivity contribution in [2.24, 2.45) is 0 Å². The normalized spacial score (nSPS) is 32.7. The van der Waals surface area contributed by atoms with Crippen LogP contribution in [0.15, 0.2) is 18.2 Å². The van der Waals surface area contributed by atoms with E-state index >= 15 is 0 Å². The Morgan fingerprint density at radius 1 is 1.31 bits per heavy atom. The number of amides is 3. The molecule has 1 aromatic rings. The van der Waals surface area contributed by atoms with Crippen LogP contribution in [0.2, 0.25) is 0 Å². The molecule has 4 rings (SSSR count). The van der Waals surface area contributed by atoms with Crippen molar-refractivity contribution < 1.29 is 23.8 Å². The molecule has 3 amide bonds. The van der Waals surface area contributed by atoms with Crippen LogP contribution in [-0.2, 0) is 15.1 Å². The predicted molar refractivity (Wildman–Crippen MR) is 93.2 cm³/mol. The number of nitrogens with zero attached hydrogens (tertiary/aromatic N) is 1. The van der Waals surface area contributed by atoms with E-state index in [0.717, 1.165) is 17.7 Å². The van der Waals surface area contributed by atoms with Gasteiger partial charge in [-0.05, 0) is 50.8 Å². The van der Waals surface area contributed by atoms with Gasteiger partial charge in [0.2, 0.25) is 0 Å². The molecule has 1 aromatic carbocycles. The van der Waals surface area contributed by atoms with Gasteiger partial charge in [0.05, 0.1) is 12.7 Å². The van der Waals surface area contributed by atoms with E-state index in [1.165, 1.54) is 7.05 Å². The molecule has 2 aliphatic heterocycles. The number of nitrogens with one attached hydrogen (secondary N) is 1. The third-order valence-electron chi connectivity index (χ3n) is 5.95. The number of hydrogen-bond acceptors (Lipinski definition) is 5. The fourth-order valence-electron chi connectivity index (χ4n) is 4.58. The van der Waals surface area contributed by atoms with Gasteiger partial charge in [-0.25, -0.2) is 4.79 Å². The summed E-state index contributed by atoms with van der Waals surface area (Å²) < 4.78 is 17.5. The van der Waals surface area contributed by atoms with Crippen molar-refractivity contribution in [1.82, 2.24) is 10.2 Å². The van der Waals surface area contributed by atoms with Crippen molar-refractivity contribution in [1.29, 1.82) is 0 Å². The molecule has 1 saturated carbocycles. The summed E-state index contributed by atoms with van der Waals surface area (Å²) in [6.45, 7) is 2.43. The lowest BCUT2D eigenvalue weighted by molar-refractivity contribution is -0.141. The summed E-state index contributed by atoms with van der Waals surface area (Å²) in [5.41, 5.74) is -1.32. The molecule has 1 aliphatic carbocycles. The largest absolute Gasteiger partial charge is 0.494 e. The number of benzene rings is 1. The highest BCUT2D eigenvalue weighted by Crippen LogP contribution is 2.56. The Labute approximate surface area is 152 Å². The SMILES string of the molecule is CCOc1ccc2c(c1)C1(NC(=O)N(C)C1=O)C1(CCC(OC)CC1)O2. The fourth-order valence-corrected chi connectivity index (χ4v) is 4.58. The summed E-state index contributed by atoms with van der Waals surface area (Å²) in [5, 5.41) is 2.96. The van der Waals surface area contributed by atoms with Crippen LogP contribution in [0.3, 0.4) is 0 Å². The molecule has 1 saturated heterocycles. The second kappa shape index (κ2) is 5.87. The molecule has 3 aliphatic rings. The molecule has 26 heavy (non-hydrogen) atoms. The van der Waals surface area contributed by atoms with Gasteiger partial charge >= 0.3 is 6.03 Å². The number of imide groups is 1. The lowest BCUT2D eigenvalue weighted by atomic mass is 9.68. The monoisotopic (exact) mass is 360 g/mol. The maximum atomic E-state index is 13.3. The Hall–Kier alpha value is -2.28. The molecule has 1 atom stereocenters. The maximum absolute atomic E-state index is 13.3. The van der Waals surface area contributed by atoms with Crippen LogP contribution in [0, 0.1) is 0 Å². The minimum atomic E-state index is -1.21. The van der Waals surface area contributed by atoms with Crippen molar-refractivity contribution in [3.05, 3.63) is 23.8 Å². The zero-order valence-electron chi connectivity index (χ0n) is 15.3. The average Bonchev–Trinajstić information content (AvgIpc) is 3.04. The lowest BCUT2D eigenvalue weighted by Crippen LogP contribution is -2.62. The maximum Gasteiger partial charge on any atom is 0.325 e. The number of ether oxygens (including phenoxy) is 3. The van der Waals surface area contributed by atoms with Crippen LogP contribution < -0.4 is 14.8 Å². The Balaban J connectivity index is 1.84. The van der Waals surface area contributed by atoms with Gasteiger partial charge in [0, 0.05) is 19.7 Å². The molecule has 0 aromatic heterocycles. The minimum absolute atomic E-state index is 0.147. The molecule has 140 valence electrons. The standard InChI is InChI=1S/C19H24N2O5/c1-4-25-13-5-6-15-14(11-13)19(16(22)21(2)17(23)20-19)18(26-15)9-7-12(24-3)8-10-18/h5-6,11-12H,4,7-10H2,1-3H3,(H,20,23). The average molecular weight is 360 g/mol. The summed E-state index contributed by atoms with van der Waals surface area (Å²) in [4.78, 5) is 26.8. The third-order valence-corrected chi connectivity index (χ3v) is 5.95. The summed E-state index contributed by atoms with van der Waals surface area (Å²) in [6.07, 6.45) is 2.96. The molecule has 0 bridgehead atoms. The highest BCUT2D eigenvalue weighted by molar-refractivity contribution is 6.09. The molecular formula is C19H24N2O5. The first kappa shape index (κ1) is 17.1. The van der Waals surface area contributed by atoms with Crippen LogP contribution in [0.5, 0.6) is 11.5 Å². The zero-order valence-corrected chi connectivity index (χ0v) is 15.3. The van der Waals surface area contributed by atoms with Crippen molar-refractivity contribution >= 4 is 11.9 Å². The van der Waals surface area contributed by atoms with Crippen LogP contribution >= 0.6 is 0 Å². The first-order valence-electron chi connectivity index (χ1n) is 9.07. The number of fused-ring (bicyclic) bond motifs is 3. The Kier molecular flexibility index (Phi) is 3.87. The van der Waals surface area contributed by atoms with E-state index in [2.05, 4.69) is 5.32 Å². The highest BCUT2D eigenvalue weighted by atomic mass is 16.5. The number of carbonyl (C=O) groups is 2. The number of carbonyl (C=O) groups excluding carboxylic acids is 2. The van der Waals surface area contributed by atoms with Crippen molar-refractivity contribution in [2.75, 3.05) is 20.8 Å². The number of likely N-dealkylation sites (N-methyl/N-ethyl adjacent to an activating group) is 1. The molecular weight excluding hydrogens is 336 g/mol. The summed E-state index contributed by atoms with van der Waals surface area (Å²) in [5.74, 6) is 1.02. The van der Waals surface area contributed by atoms with Gasteiger partial charge in [0.15, 0.2) is 5.54 Å². The van der Waals surface area contributed by atoms with Crippen LogP contribution in [0.4, 0.5) is 4.79 Å². The van der Waals surface area contributed by atoms with Crippen molar-refractivity contribution in [2.45, 2.75) is 49.9 Å². The number of methoxy groups -OCH3 is 1. The van der Waals surface area contributed by atoms with Gasteiger partial charge in [0.1, 0.15) is 17.1 Å². The van der Waals surface area contributed by atoms with E-state index in [1.807, 2.05) is 25.1 Å². The van der Waals surface area contributed by atoms with E-state index < -0.39 is 17.2 Å². The van der Waals surface area contributed by atoms with Crippen molar-refractivity contribution in [3.63, 3.8) is 0 Å². The van der Waals surface area contributed by atoms with E-state index in [0.29, 0.717) is 36.5 Å². The summed E-state index contributed by atoms with van der Waals surface area (Å²) >= 11 is 0. The van der Waals surface area contributed by atoms with E-state index in [1.54, 1.807) is 7.11 Å². The smallest absolute Gasteiger partial charge is 0.325 e. The lowest BCUT2D eigenvalue weighted by Gasteiger charge is -2.44. The van der Waals surface area contributed by atoms with Gasteiger partial charge in [-0.2, -0.15) is 0 Å². The molecule has 1 N–H and O–H groups in total. The second-order valence-electron chi connectivity index (χ2n) is 7.17. The van der Waals surface area contributed by atoms with Crippen LogP contribution in [0.1, 0.15) is 38.2 Å². The predicted octanol–water partition coefficient (Wildman–Crippen LogP) is 2.18. The molecule has 2 heterocycles. The molecule has 2 fully saturated rings. The minimum Gasteiger partial charge on any atom is -0.494 e. The van der Waals surface area contributed by atoms with Gasteiger partial charge in [-0.15, -0.1) is 0 Å². The van der Waals surface area contributed by atoms with Gasteiger partial charge < -0.3 is 19.5 Å². The molecule has 7 nitrogen and oxygen atoms in total. The highest BCUT2D eigenvalue weighted by Gasteiger charge is 2.70. The fraction of sp³-hybridized carbons (Fsp3) is 0.579. The molecule has 2 spiro atoms. The number of rotatable bonds is 3. The zero-order chi connectivity index (χ0) is 18.5. The number of urea groups is 1. The molecule has 0 radical (unpaired) electrons. The first-order valence-corrected chi connectivity index (χ1v) is 9.07. The topological polar surface area (TPSA) is 77.1 Å². The van der Waals surface area contributed by atoms with Gasteiger partial charge in [-0.3, -0.25) is 9.69 Å². The Bertz CT molecular complexity index is 756. The van der Waals surface area contributed by atoms with E-state index in [4.69, 9.17) is 14.2 Å². The van der Waals surface area contributed by atoms with Crippen molar-refractivity contribution in [3.8, 4) is 11.5 Å². The third kappa shape index (κ3) is 2.09. The van der Waals surface area contributed by atoms with E-state index in [-0.39, 0.29) is 12.0 Å². The van der Waals surface area contributed by atoms with Gasteiger partial charge in [0.25, 0.3) is 5.91 Å². The summed E-state index contributed by atoms with van der Waals surface area (Å²) in [6, 6.07) is 5.09. The first-order chi connectivity index (χ1) is 12.5. The Morgan fingerprint density at radius 2 is 2.04 bits per heavy atom. The van der Waals surface area contributed by atoms with Crippen LogP contribution in [-0.4, -0.2) is 49.3 Å². The van der Waals surface area contributed by atoms with E-state index in [9.17, 15) is 9.59 Å². The quantitative estimate of drug-likeness (QED) is 0.836.